The van der Waals surface area contributed by atoms with Gasteiger partial charge < -0.3 is 9.80 Å². The normalized spacial score (nSPS) is 22.9. The lowest BCUT2D eigenvalue weighted by Gasteiger charge is -2.42. The number of anilines is 1. The molecule has 1 amide bonds. The Kier molecular flexibility index (Phi) is 5.65. The lowest BCUT2D eigenvalue weighted by atomic mass is 9.89. The van der Waals surface area contributed by atoms with Gasteiger partial charge in [-0.25, -0.2) is 4.98 Å². The van der Waals surface area contributed by atoms with Crippen LogP contribution in [0.4, 0.5) is 5.82 Å². The van der Waals surface area contributed by atoms with E-state index >= 15 is 0 Å². The van der Waals surface area contributed by atoms with Gasteiger partial charge in [0, 0.05) is 37.8 Å². The summed E-state index contributed by atoms with van der Waals surface area (Å²) < 4.78 is 0. The molecule has 0 bridgehead atoms. The molecular formula is C19H28ClN3O. The van der Waals surface area contributed by atoms with Crippen LogP contribution in [0.15, 0.2) is 18.3 Å². The van der Waals surface area contributed by atoms with Crippen molar-refractivity contribution in [3.63, 3.8) is 0 Å². The first-order valence-corrected chi connectivity index (χ1v) is 9.61. The maximum atomic E-state index is 13.0. The molecule has 3 heterocycles. The molecule has 0 aromatic carbocycles. The van der Waals surface area contributed by atoms with E-state index in [1.54, 1.807) is 6.20 Å². The highest BCUT2D eigenvalue weighted by Gasteiger charge is 2.34. The predicted octanol–water partition coefficient (Wildman–Crippen LogP) is 3.99. The van der Waals surface area contributed by atoms with Gasteiger partial charge in [0.1, 0.15) is 5.82 Å². The number of amides is 1. The summed E-state index contributed by atoms with van der Waals surface area (Å²) in [5.74, 6) is 2.07. The lowest BCUT2D eigenvalue weighted by molar-refractivity contribution is -0.141. The van der Waals surface area contributed by atoms with Crippen molar-refractivity contribution in [3.05, 3.63) is 23.4 Å². The van der Waals surface area contributed by atoms with Crippen LogP contribution in [0.5, 0.6) is 0 Å². The summed E-state index contributed by atoms with van der Waals surface area (Å²) in [5.41, 5.74) is 0. The molecule has 1 unspecified atom stereocenters. The number of likely N-dealkylation sites (tertiary alicyclic amines) is 1. The van der Waals surface area contributed by atoms with E-state index in [4.69, 9.17) is 11.6 Å². The van der Waals surface area contributed by atoms with E-state index in [2.05, 4.69) is 28.6 Å². The average molecular weight is 350 g/mol. The molecule has 24 heavy (non-hydrogen) atoms. The van der Waals surface area contributed by atoms with Gasteiger partial charge >= 0.3 is 0 Å². The van der Waals surface area contributed by atoms with Crippen LogP contribution < -0.4 is 4.90 Å². The van der Waals surface area contributed by atoms with Crippen molar-refractivity contribution in [2.45, 2.75) is 52.0 Å². The molecule has 1 atom stereocenters. The van der Waals surface area contributed by atoms with Gasteiger partial charge in [-0.05, 0) is 50.2 Å². The van der Waals surface area contributed by atoms with E-state index in [9.17, 15) is 4.79 Å². The number of nitrogens with zero attached hydrogens (tertiary/aromatic N) is 3. The zero-order chi connectivity index (χ0) is 17.1. The Morgan fingerprint density at radius 3 is 2.54 bits per heavy atom. The average Bonchev–Trinajstić information content (AvgIpc) is 2.62. The van der Waals surface area contributed by atoms with Crippen LogP contribution in [0.3, 0.4) is 0 Å². The highest BCUT2D eigenvalue weighted by molar-refractivity contribution is 6.30. The topological polar surface area (TPSA) is 36.4 Å². The fourth-order valence-corrected chi connectivity index (χ4v) is 4.18. The number of carbonyl (C=O) groups excluding carboxylic acids is 1. The first-order valence-electron chi connectivity index (χ1n) is 9.23. The first kappa shape index (κ1) is 17.5. The zero-order valence-corrected chi connectivity index (χ0v) is 15.5. The summed E-state index contributed by atoms with van der Waals surface area (Å²) in [6, 6.07) is 4.27. The highest BCUT2D eigenvalue weighted by Crippen LogP contribution is 2.29. The number of pyridine rings is 1. The molecular weight excluding hydrogens is 322 g/mol. The lowest BCUT2D eigenvalue weighted by Crippen LogP contribution is -2.50. The van der Waals surface area contributed by atoms with Crippen LogP contribution in [0.1, 0.15) is 46.0 Å². The van der Waals surface area contributed by atoms with Crippen molar-refractivity contribution in [1.29, 1.82) is 0 Å². The molecule has 4 nitrogen and oxygen atoms in total. The molecule has 0 N–H and O–H groups in total. The van der Waals surface area contributed by atoms with E-state index in [1.807, 2.05) is 12.1 Å². The Labute approximate surface area is 150 Å². The Bertz CT molecular complexity index is 552. The van der Waals surface area contributed by atoms with Crippen LogP contribution in [0.2, 0.25) is 5.02 Å². The van der Waals surface area contributed by atoms with Crippen molar-refractivity contribution < 1.29 is 4.79 Å². The maximum Gasteiger partial charge on any atom is 0.226 e. The van der Waals surface area contributed by atoms with Gasteiger partial charge in [0.15, 0.2) is 0 Å². The number of carbonyl (C=O) groups is 1. The van der Waals surface area contributed by atoms with Gasteiger partial charge in [-0.15, -0.1) is 0 Å². The Hall–Kier alpha value is -1.29. The molecule has 2 saturated heterocycles. The molecule has 5 heteroatoms. The molecule has 132 valence electrons. The molecule has 0 spiro atoms. The summed E-state index contributed by atoms with van der Waals surface area (Å²) in [6.07, 6.45) is 7.11. The fraction of sp³-hybridized carbons (Fsp3) is 0.684. The monoisotopic (exact) mass is 349 g/mol. The van der Waals surface area contributed by atoms with Crippen LogP contribution >= 0.6 is 11.6 Å². The Morgan fingerprint density at radius 1 is 1.17 bits per heavy atom. The summed E-state index contributed by atoms with van der Waals surface area (Å²) in [6.45, 7) is 7.22. The largest absolute Gasteiger partial charge is 0.357 e. The molecule has 0 saturated carbocycles. The number of hydrogen-bond donors (Lipinski definition) is 0. The van der Waals surface area contributed by atoms with Crippen LogP contribution in [0.25, 0.3) is 0 Å². The Balaban J connectivity index is 1.59. The summed E-state index contributed by atoms with van der Waals surface area (Å²) in [7, 11) is 0. The molecule has 2 fully saturated rings. The second-order valence-corrected chi connectivity index (χ2v) is 7.87. The molecule has 1 aromatic rings. The number of aromatic nitrogens is 1. The first-order chi connectivity index (χ1) is 11.6. The second-order valence-electron chi connectivity index (χ2n) is 7.43. The SMILES string of the molecule is CC(C)C1CCCCN1C(=O)C1CCN(c2ccc(Cl)cn2)CC1. The van der Waals surface area contributed by atoms with Gasteiger partial charge in [0.25, 0.3) is 0 Å². The van der Waals surface area contributed by atoms with Crippen molar-refractivity contribution in [1.82, 2.24) is 9.88 Å². The minimum Gasteiger partial charge on any atom is -0.357 e. The van der Waals surface area contributed by atoms with Crippen molar-refractivity contribution in [3.8, 4) is 0 Å². The Morgan fingerprint density at radius 2 is 1.92 bits per heavy atom. The molecule has 1 aromatic heterocycles. The number of rotatable bonds is 3. The van der Waals surface area contributed by atoms with E-state index in [1.165, 1.54) is 6.42 Å². The number of piperidine rings is 2. The van der Waals surface area contributed by atoms with Crippen molar-refractivity contribution >= 4 is 23.3 Å². The van der Waals surface area contributed by atoms with Gasteiger partial charge in [0.2, 0.25) is 5.91 Å². The molecule has 0 radical (unpaired) electrons. The van der Waals surface area contributed by atoms with E-state index in [-0.39, 0.29) is 5.92 Å². The van der Waals surface area contributed by atoms with Gasteiger partial charge in [-0.2, -0.15) is 0 Å². The fourth-order valence-electron chi connectivity index (χ4n) is 4.07. The molecule has 2 aliphatic heterocycles. The minimum absolute atomic E-state index is 0.174. The maximum absolute atomic E-state index is 13.0. The summed E-state index contributed by atoms with van der Waals surface area (Å²) in [4.78, 5) is 21.9. The third kappa shape index (κ3) is 3.85. The smallest absolute Gasteiger partial charge is 0.226 e. The number of halogens is 1. The summed E-state index contributed by atoms with van der Waals surface area (Å²) in [5, 5.41) is 0.661. The molecule has 2 aliphatic rings. The van der Waals surface area contributed by atoms with E-state index in [0.717, 1.165) is 51.1 Å². The quantitative estimate of drug-likeness (QED) is 0.827. The standard InChI is InChI=1S/C19H28ClN3O/c1-14(2)17-5-3-4-10-23(17)19(24)15-8-11-22(12-9-15)18-7-6-16(20)13-21-18/h6-7,13-15,17H,3-5,8-12H2,1-2H3. The zero-order valence-electron chi connectivity index (χ0n) is 14.7. The third-order valence-corrected chi connectivity index (χ3v) is 5.71. The third-order valence-electron chi connectivity index (χ3n) is 5.48. The van der Waals surface area contributed by atoms with Crippen molar-refractivity contribution in [2.24, 2.45) is 11.8 Å². The van der Waals surface area contributed by atoms with Crippen LogP contribution in [0, 0.1) is 11.8 Å². The number of hydrogen-bond acceptors (Lipinski definition) is 3. The van der Waals surface area contributed by atoms with Gasteiger partial charge in [-0.3, -0.25) is 4.79 Å². The second kappa shape index (κ2) is 7.73. The predicted molar refractivity (Wildman–Crippen MR) is 98.4 cm³/mol. The van der Waals surface area contributed by atoms with Crippen LogP contribution in [-0.2, 0) is 4.79 Å². The van der Waals surface area contributed by atoms with Crippen LogP contribution in [-0.4, -0.2) is 41.5 Å². The highest BCUT2D eigenvalue weighted by atomic mass is 35.5. The minimum atomic E-state index is 0.174. The van der Waals surface area contributed by atoms with Gasteiger partial charge in [-0.1, -0.05) is 25.4 Å². The van der Waals surface area contributed by atoms with E-state index in [0.29, 0.717) is 22.9 Å². The van der Waals surface area contributed by atoms with Crippen molar-refractivity contribution in [2.75, 3.05) is 24.5 Å². The van der Waals surface area contributed by atoms with Gasteiger partial charge in [0.05, 0.1) is 5.02 Å². The molecule has 3 rings (SSSR count). The summed E-state index contributed by atoms with van der Waals surface area (Å²) >= 11 is 5.91. The van der Waals surface area contributed by atoms with E-state index < -0.39 is 0 Å². The molecule has 0 aliphatic carbocycles.